The summed E-state index contributed by atoms with van der Waals surface area (Å²) in [5.74, 6) is 1.32. The fraction of sp³-hybridized carbons (Fsp3) is 0.286. The van der Waals surface area contributed by atoms with Crippen molar-refractivity contribution in [3.05, 3.63) is 40.7 Å². The highest BCUT2D eigenvalue weighted by Gasteiger charge is 2.14. The molecule has 21 heavy (non-hydrogen) atoms. The third-order valence-corrected chi connectivity index (χ3v) is 3.68. The van der Waals surface area contributed by atoms with E-state index in [9.17, 15) is 4.79 Å². The summed E-state index contributed by atoms with van der Waals surface area (Å²) in [5, 5.41) is 9.78. The van der Waals surface area contributed by atoms with Crippen LogP contribution in [0.3, 0.4) is 0 Å². The molecule has 0 aliphatic rings. The number of methoxy groups -OCH3 is 1. The molecule has 0 N–H and O–H groups in total. The highest BCUT2D eigenvalue weighted by atomic mass is 32.2. The van der Waals surface area contributed by atoms with Crippen LogP contribution >= 0.6 is 11.8 Å². The minimum atomic E-state index is -0.516. The Morgan fingerprint density at radius 1 is 1.43 bits per heavy atom. The predicted octanol–water partition coefficient (Wildman–Crippen LogP) is 2.64. The molecule has 0 spiro atoms. The third-order valence-electron chi connectivity index (χ3n) is 2.68. The average Bonchev–Trinajstić information content (AvgIpc) is 2.92. The summed E-state index contributed by atoms with van der Waals surface area (Å²) in [4.78, 5) is 19.7. The van der Waals surface area contributed by atoms with E-state index < -0.39 is 5.97 Å². The molecule has 2 heterocycles. The Hall–Kier alpha value is -2.33. The van der Waals surface area contributed by atoms with Crippen molar-refractivity contribution in [2.45, 2.75) is 24.6 Å². The van der Waals surface area contributed by atoms with E-state index in [1.54, 1.807) is 26.0 Å². The summed E-state index contributed by atoms with van der Waals surface area (Å²) in [6.07, 6.45) is 0. The zero-order valence-corrected chi connectivity index (χ0v) is 12.7. The van der Waals surface area contributed by atoms with Crippen LogP contribution in [-0.2, 0) is 10.5 Å². The van der Waals surface area contributed by atoms with Crippen molar-refractivity contribution in [2.75, 3.05) is 7.11 Å². The van der Waals surface area contributed by atoms with Gasteiger partial charge in [-0.15, -0.1) is 0 Å². The Balaban J connectivity index is 2.15. The molecule has 0 saturated heterocycles. The van der Waals surface area contributed by atoms with Crippen LogP contribution in [0.2, 0.25) is 0 Å². The Morgan fingerprint density at radius 3 is 2.86 bits per heavy atom. The van der Waals surface area contributed by atoms with Crippen LogP contribution < -0.4 is 0 Å². The molecule has 108 valence electrons. The Morgan fingerprint density at radius 2 is 2.19 bits per heavy atom. The molecule has 0 fully saturated rings. The Bertz CT molecular complexity index is 719. The largest absolute Gasteiger partial charge is 0.463 e. The number of ether oxygens (including phenoxy) is 1. The SMILES string of the molecule is COC(=O)c1ccc(CSc2nc(C)nc(C)c2C#N)o1. The van der Waals surface area contributed by atoms with Crippen LogP contribution in [0, 0.1) is 25.2 Å². The van der Waals surface area contributed by atoms with Gasteiger partial charge >= 0.3 is 5.97 Å². The van der Waals surface area contributed by atoms with Crippen molar-refractivity contribution in [2.24, 2.45) is 0 Å². The number of esters is 1. The van der Waals surface area contributed by atoms with Gasteiger partial charge < -0.3 is 9.15 Å². The molecule has 0 aliphatic carbocycles. The molecular formula is C14H13N3O3S. The van der Waals surface area contributed by atoms with Gasteiger partial charge in [0.25, 0.3) is 0 Å². The summed E-state index contributed by atoms with van der Waals surface area (Å²) in [5.41, 5.74) is 1.12. The number of nitrogens with zero attached hydrogens (tertiary/aromatic N) is 3. The number of carbonyl (C=O) groups excluding carboxylic acids is 1. The van der Waals surface area contributed by atoms with Crippen LogP contribution in [0.4, 0.5) is 0 Å². The van der Waals surface area contributed by atoms with Crippen LogP contribution in [-0.4, -0.2) is 23.0 Å². The molecule has 0 amide bonds. The smallest absolute Gasteiger partial charge is 0.373 e. The van der Waals surface area contributed by atoms with Gasteiger partial charge in [-0.05, 0) is 26.0 Å². The molecule has 0 saturated carbocycles. The number of hydrogen-bond donors (Lipinski definition) is 0. The molecule has 0 unspecified atom stereocenters. The van der Waals surface area contributed by atoms with Crippen molar-refractivity contribution >= 4 is 17.7 Å². The first-order valence-corrected chi connectivity index (χ1v) is 7.09. The van der Waals surface area contributed by atoms with E-state index in [0.717, 1.165) is 0 Å². The summed E-state index contributed by atoms with van der Waals surface area (Å²) in [6.45, 7) is 3.56. The number of aryl methyl sites for hydroxylation is 2. The zero-order valence-electron chi connectivity index (χ0n) is 11.8. The number of thioether (sulfide) groups is 1. The zero-order chi connectivity index (χ0) is 15.4. The molecule has 2 aromatic rings. The molecular weight excluding hydrogens is 290 g/mol. The highest BCUT2D eigenvalue weighted by Crippen LogP contribution is 2.26. The predicted molar refractivity (Wildman–Crippen MR) is 75.8 cm³/mol. The molecule has 7 heteroatoms. The number of hydrogen-bond acceptors (Lipinski definition) is 7. The maximum absolute atomic E-state index is 11.3. The lowest BCUT2D eigenvalue weighted by atomic mass is 10.3. The number of aromatic nitrogens is 2. The normalized spacial score (nSPS) is 10.2. The van der Waals surface area contributed by atoms with Crippen molar-refractivity contribution in [1.82, 2.24) is 9.97 Å². The van der Waals surface area contributed by atoms with E-state index in [2.05, 4.69) is 20.8 Å². The second-order valence-electron chi connectivity index (χ2n) is 4.19. The van der Waals surface area contributed by atoms with Crippen LogP contribution in [0.25, 0.3) is 0 Å². The quantitative estimate of drug-likeness (QED) is 0.487. The fourth-order valence-electron chi connectivity index (χ4n) is 1.72. The molecule has 0 atom stereocenters. The number of rotatable bonds is 4. The van der Waals surface area contributed by atoms with Gasteiger partial charge in [0.1, 0.15) is 28.2 Å². The second kappa shape index (κ2) is 6.41. The lowest BCUT2D eigenvalue weighted by Gasteiger charge is -2.05. The van der Waals surface area contributed by atoms with Gasteiger partial charge in [0.2, 0.25) is 5.76 Å². The van der Waals surface area contributed by atoms with E-state index in [-0.39, 0.29) is 5.76 Å². The first-order valence-electron chi connectivity index (χ1n) is 6.10. The maximum Gasteiger partial charge on any atom is 0.373 e. The number of carbonyl (C=O) groups is 1. The van der Waals surface area contributed by atoms with E-state index in [4.69, 9.17) is 9.68 Å². The van der Waals surface area contributed by atoms with Gasteiger partial charge in [-0.25, -0.2) is 14.8 Å². The van der Waals surface area contributed by atoms with Gasteiger partial charge in [-0.3, -0.25) is 0 Å². The van der Waals surface area contributed by atoms with Gasteiger partial charge in [0, 0.05) is 0 Å². The van der Waals surface area contributed by atoms with Gasteiger partial charge in [-0.2, -0.15) is 5.26 Å². The van der Waals surface area contributed by atoms with Crippen LogP contribution in [0.15, 0.2) is 21.6 Å². The molecule has 0 bridgehead atoms. The lowest BCUT2D eigenvalue weighted by Crippen LogP contribution is -1.99. The summed E-state index contributed by atoms with van der Waals surface area (Å²) >= 11 is 1.37. The summed E-state index contributed by atoms with van der Waals surface area (Å²) < 4.78 is 9.95. The highest BCUT2D eigenvalue weighted by molar-refractivity contribution is 7.98. The molecule has 2 rings (SSSR count). The topological polar surface area (TPSA) is 89.0 Å². The monoisotopic (exact) mass is 303 g/mol. The lowest BCUT2D eigenvalue weighted by molar-refractivity contribution is 0.0563. The number of nitriles is 1. The van der Waals surface area contributed by atoms with Crippen molar-refractivity contribution < 1.29 is 13.9 Å². The first-order chi connectivity index (χ1) is 10.0. The minimum absolute atomic E-state index is 0.156. The van der Waals surface area contributed by atoms with E-state index in [0.29, 0.717) is 33.6 Å². The molecule has 2 aromatic heterocycles. The van der Waals surface area contributed by atoms with Crippen LogP contribution in [0.1, 0.15) is 33.4 Å². The van der Waals surface area contributed by atoms with E-state index in [1.165, 1.54) is 18.9 Å². The minimum Gasteiger partial charge on any atom is -0.463 e. The Labute approximate surface area is 126 Å². The van der Waals surface area contributed by atoms with Crippen molar-refractivity contribution in [3.8, 4) is 6.07 Å². The molecule has 0 aliphatic heterocycles. The number of furan rings is 1. The van der Waals surface area contributed by atoms with Gasteiger partial charge in [0.15, 0.2) is 0 Å². The van der Waals surface area contributed by atoms with Crippen molar-refractivity contribution in [3.63, 3.8) is 0 Å². The second-order valence-corrected chi connectivity index (χ2v) is 5.16. The van der Waals surface area contributed by atoms with Crippen LogP contribution in [0.5, 0.6) is 0 Å². The van der Waals surface area contributed by atoms with Crippen molar-refractivity contribution in [1.29, 1.82) is 5.26 Å². The molecule has 0 aromatic carbocycles. The molecule has 6 nitrogen and oxygen atoms in total. The molecule has 0 radical (unpaired) electrons. The fourth-order valence-corrected chi connectivity index (χ4v) is 2.69. The first kappa shape index (κ1) is 15.1. The summed E-state index contributed by atoms with van der Waals surface area (Å²) in [7, 11) is 1.30. The third kappa shape index (κ3) is 3.41. The van der Waals surface area contributed by atoms with E-state index >= 15 is 0 Å². The maximum atomic E-state index is 11.3. The summed E-state index contributed by atoms with van der Waals surface area (Å²) in [6, 6.07) is 5.37. The average molecular weight is 303 g/mol. The van der Waals surface area contributed by atoms with Gasteiger partial charge in [0.05, 0.1) is 18.6 Å². The van der Waals surface area contributed by atoms with Gasteiger partial charge in [-0.1, -0.05) is 11.8 Å². The van der Waals surface area contributed by atoms with E-state index in [1.807, 2.05) is 0 Å². The Kier molecular flexibility index (Phi) is 4.60. The standard InChI is InChI=1S/C14H13N3O3S/c1-8-11(6-15)13(17-9(2)16-8)21-7-10-4-5-12(20-10)14(18)19-3/h4-5H,7H2,1-3H3.